The molecule has 0 spiro atoms. The van der Waals surface area contributed by atoms with Crippen LogP contribution in [0.25, 0.3) is 0 Å². The number of nitrogens with one attached hydrogen (secondary N) is 1. The predicted octanol–water partition coefficient (Wildman–Crippen LogP) is 2.06. The summed E-state index contributed by atoms with van der Waals surface area (Å²) in [5.41, 5.74) is 6.80. The zero-order chi connectivity index (χ0) is 13.7. The van der Waals surface area contributed by atoms with Crippen LogP contribution >= 0.6 is 11.6 Å². The molecule has 5 nitrogen and oxygen atoms in total. The molecule has 2 rings (SSSR count). The Morgan fingerprint density at radius 3 is 2.95 bits per heavy atom. The van der Waals surface area contributed by atoms with Crippen LogP contribution in [-0.2, 0) is 14.3 Å². The standard InChI is InChI=1S/C13H17ClN2O3/c14-9-3-4-12(11(15)6-9)16-13(17)2-1-5-19-10-7-18-8-10/h3-4,6,10H,1-2,5,7-8,15H2,(H,16,17). The Hall–Kier alpha value is -1.30. The monoisotopic (exact) mass is 284 g/mol. The van der Waals surface area contributed by atoms with Crippen molar-refractivity contribution in [3.63, 3.8) is 0 Å². The van der Waals surface area contributed by atoms with Crippen molar-refractivity contribution in [2.75, 3.05) is 30.9 Å². The van der Waals surface area contributed by atoms with Gasteiger partial charge in [-0.25, -0.2) is 0 Å². The van der Waals surface area contributed by atoms with Gasteiger partial charge in [-0.15, -0.1) is 0 Å². The summed E-state index contributed by atoms with van der Waals surface area (Å²) in [6.45, 7) is 1.89. The molecule has 1 fully saturated rings. The molecule has 0 atom stereocenters. The number of ether oxygens (including phenoxy) is 2. The van der Waals surface area contributed by atoms with Crippen molar-refractivity contribution in [1.29, 1.82) is 0 Å². The minimum absolute atomic E-state index is 0.0810. The molecule has 0 saturated carbocycles. The maximum atomic E-state index is 11.7. The van der Waals surface area contributed by atoms with Crippen molar-refractivity contribution in [3.8, 4) is 0 Å². The number of nitrogen functional groups attached to an aromatic ring is 1. The number of carbonyl (C=O) groups excluding carboxylic acids is 1. The van der Waals surface area contributed by atoms with Gasteiger partial charge in [-0.2, -0.15) is 0 Å². The summed E-state index contributed by atoms with van der Waals surface area (Å²) >= 11 is 5.79. The molecule has 3 N–H and O–H groups in total. The maximum Gasteiger partial charge on any atom is 0.224 e. The highest BCUT2D eigenvalue weighted by Gasteiger charge is 2.18. The number of halogens is 1. The summed E-state index contributed by atoms with van der Waals surface area (Å²) in [4.78, 5) is 11.7. The van der Waals surface area contributed by atoms with Crippen molar-refractivity contribution in [3.05, 3.63) is 23.2 Å². The highest BCUT2D eigenvalue weighted by Crippen LogP contribution is 2.22. The Morgan fingerprint density at radius 1 is 1.53 bits per heavy atom. The van der Waals surface area contributed by atoms with Crippen LogP contribution in [0.4, 0.5) is 11.4 Å². The molecule has 0 aliphatic carbocycles. The second kappa shape index (κ2) is 6.75. The first-order valence-corrected chi connectivity index (χ1v) is 6.57. The Kier molecular flexibility index (Phi) is 5.01. The SMILES string of the molecule is Nc1cc(Cl)ccc1NC(=O)CCCOC1COC1. The molecule has 0 bridgehead atoms. The Bertz CT molecular complexity index is 450. The number of rotatable bonds is 6. The molecule has 0 radical (unpaired) electrons. The quantitative estimate of drug-likeness (QED) is 0.619. The molecule has 1 aliphatic rings. The van der Waals surface area contributed by atoms with Crippen molar-refractivity contribution >= 4 is 28.9 Å². The van der Waals surface area contributed by atoms with E-state index >= 15 is 0 Å². The summed E-state index contributed by atoms with van der Waals surface area (Å²) in [6.07, 6.45) is 1.28. The van der Waals surface area contributed by atoms with Gasteiger partial charge in [0.2, 0.25) is 5.91 Å². The molecule has 0 aromatic heterocycles. The van der Waals surface area contributed by atoms with E-state index in [0.29, 0.717) is 49.1 Å². The first-order chi connectivity index (χ1) is 9.15. The van der Waals surface area contributed by atoms with Gasteiger partial charge < -0.3 is 20.5 Å². The lowest BCUT2D eigenvalue weighted by Crippen LogP contribution is -2.36. The number of carbonyl (C=O) groups is 1. The second-order valence-corrected chi connectivity index (χ2v) is 4.85. The van der Waals surface area contributed by atoms with Crippen molar-refractivity contribution in [1.82, 2.24) is 0 Å². The number of benzene rings is 1. The molecule has 0 unspecified atom stereocenters. The van der Waals surface area contributed by atoms with Gasteiger partial charge in [0.25, 0.3) is 0 Å². The molecule has 104 valence electrons. The normalized spacial score (nSPS) is 15.0. The summed E-state index contributed by atoms with van der Waals surface area (Å²) in [7, 11) is 0. The van der Waals surface area contributed by atoms with Gasteiger partial charge >= 0.3 is 0 Å². The molecular formula is C13H17ClN2O3. The Morgan fingerprint density at radius 2 is 2.32 bits per heavy atom. The van der Waals surface area contributed by atoms with Crippen LogP contribution in [0, 0.1) is 0 Å². The molecular weight excluding hydrogens is 268 g/mol. The fourth-order valence-corrected chi connectivity index (χ4v) is 1.83. The van der Waals surface area contributed by atoms with Crippen LogP contribution in [0.3, 0.4) is 0 Å². The van der Waals surface area contributed by atoms with Crippen LogP contribution in [0.5, 0.6) is 0 Å². The predicted molar refractivity (Wildman–Crippen MR) is 74.3 cm³/mol. The molecule has 19 heavy (non-hydrogen) atoms. The smallest absolute Gasteiger partial charge is 0.224 e. The summed E-state index contributed by atoms with van der Waals surface area (Å²) in [5, 5.41) is 3.30. The third kappa shape index (κ3) is 4.38. The minimum atomic E-state index is -0.0810. The number of hydrogen-bond donors (Lipinski definition) is 2. The Labute approximate surface area is 117 Å². The third-order valence-corrected chi connectivity index (χ3v) is 3.03. The van der Waals surface area contributed by atoms with E-state index in [9.17, 15) is 4.79 Å². The van der Waals surface area contributed by atoms with E-state index < -0.39 is 0 Å². The van der Waals surface area contributed by atoms with Gasteiger partial charge in [0.1, 0.15) is 6.10 Å². The van der Waals surface area contributed by atoms with Crippen molar-refractivity contribution < 1.29 is 14.3 Å². The van der Waals surface area contributed by atoms with Gasteiger partial charge in [0.05, 0.1) is 24.6 Å². The summed E-state index contributed by atoms with van der Waals surface area (Å²) in [6, 6.07) is 4.99. The highest BCUT2D eigenvalue weighted by molar-refractivity contribution is 6.31. The van der Waals surface area contributed by atoms with E-state index in [1.807, 2.05) is 0 Å². The van der Waals surface area contributed by atoms with E-state index in [0.717, 1.165) is 0 Å². The van der Waals surface area contributed by atoms with Gasteiger partial charge in [-0.1, -0.05) is 11.6 Å². The Balaban J connectivity index is 1.68. The largest absolute Gasteiger partial charge is 0.397 e. The summed E-state index contributed by atoms with van der Waals surface area (Å²) in [5.74, 6) is -0.0810. The molecule has 6 heteroatoms. The lowest BCUT2D eigenvalue weighted by molar-refractivity contribution is -0.131. The van der Waals surface area contributed by atoms with Gasteiger partial charge in [-0.05, 0) is 24.6 Å². The van der Waals surface area contributed by atoms with E-state index in [1.165, 1.54) is 0 Å². The average Bonchev–Trinajstić information content (AvgIpc) is 2.30. The first-order valence-electron chi connectivity index (χ1n) is 6.19. The number of hydrogen-bond acceptors (Lipinski definition) is 4. The van der Waals surface area contributed by atoms with E-state index in [-0.39, 0.29) is 12.0 Å². The van der Waals surface area contributed by atoms with E-state index in [1.54, 1.807) is 18.2 Å². The third-order valence-electron chi connectivity index (χ3n) is 2.80. The lowest BCUT2D eigenvalue weighted by atomic mass is 10.2. The number of amides is 1. The van der Waals surface area contributed by atoms with Crippen LogP contribution in [0.2, 0.25) is 5.02 Å². The number of nitrogens with two attached hydrogens (primary N) is 1. The average molecular weight is 285 g/mol. The van der Waals surface area contributed by atoms with E-state index in [2.05, 4.69) is 5.32 Å². The van der Waals surface area contributed by atoms with Crippen molar-refractivity contribution in [2.45, 2.75) is 18.9 Å². The van der Waals surface area contributed by atoms with Crippen LogP contribution in [-0.4, -0.2) is 31.8 Å². The highest BCUT2D eigenvalue weighted by atomic mass is 35.5. The molecule has 1 heterocycles. The maximum absolute atomic E-state index is 11.7. The molecule has 1 aromatic rings. The molecule has 1 aliphatic heterocycles. The zero-order valence-electron chi connectivity index (χ0n) is 10.5. The lowest BCUT2D eigenvalue weighted by Gasteiger charge is -2.25. The van der Waals surface area contributed by atoms with E-state index in [4.69, 9.17) is 26.8 Å². The summed E-state index contributed by atoms with van der Waals surface area (Å²) < 4.78 is 10.5. The van der Waals surface area contributed by atoms with Crippen LogP contribution in [0.15, 0.2) is 18.2 Å². The van der Waals surface area contributed by atoms with Crippen molar-refractivity contribution in [2.24, 2.45) is 0 Å². The fourth-order valence-electron chi connectivity index (χ4n) is 1.65. The van der Waals surface area contributed by atoms with Gasteiger partial charge in [0, 0.05) is 18.1 Å². The molecule has 1 saturated heterocycles. The fraction of sp³-hybridized carbons (Fsp3) is 0.462. The number of anilines is 2. The zero-order valence-corrected chi connectivity index (χ0v) is 11.3. The first kappa shape index (κ1) is 14.1. The minimum Gasteiger partial charge on any atom is -0.397 e. The van der Waals surface area contributed by atoms with Gasteiger partial charge in [-0.3, -0.25) is 4.79 Å². The topological polar surface area (TPSA) is 73.6 Å². The van der Waals surface area contributed by atoms with Crippen LogP contribution < -0.4 is 11.1 Å². The molecule has 1 amide bonds. The second-order valence-electron chi connectivity index (χ2n) is 4.41. The van der Waals surface area contributed by atoms with Gasteiger partial charge in [0.15, 0.2) is 0 Å². The van der Waals surface area contributed by atoms with Crippen LogP contribution in [0.1, 0.15) is 12.8 Å². The molecule has 1 aromatic carbocycles.